The molecule has 1 fully saturated rings. The highest BCUT2D eigenvalue weighted by Crippen LogP contribution is 2.32. The molecular weight excluding hydrogens is 296 g/mol. The number of rotatable bonds is 6. The van der Waals surface area contributed by atoms with Crippen LogP contribution in [0.15, 0.2) is 18.2 Å². The van der Waals surface area contributed by atoms with E-state index in [0.29, 0.717) is 19.0 Å². The Labute approximate surface area is 136 Å². The van der Waals surface area contributed by atoms with E-state index in [2.05, 4.69) is 10.6 Å². The predicted molar refractivity (Wildman–Crippen MR) is 87.4 cm³/mol. The Morgan fingerprint density at radius 2 is 2.00 bits per heavy atom. The van der Waals surface area contributed by atoms with Gasteiger partial charge in [0.15, 0.2) is 11.5 Å². The summed E-state index contributed by atoms with van der Waals surface area (Å²) in [6, 6.07) is 4.77. The Balaban J connectivity index is 1.81. The van der Waals surface area contributed by atoms with Gasteiger partial charge in [-0.05, 0) is 57.2 Å². The van der Waals surface area contributed by atoms with Crippen molar-refractivity contribution < 1.29 is 19.7 Å². The van der Waals surface area contributed by atoms with Crippen LogP contribution in [-0.4, -0.2) is 34.5 Å². The monoisotopic (exact) mass is 322 g/mol. The van der Waals surface area contributed by atoms with E-state index in [1.807, 2.05) is 20.8 Å². The molecular formula is C17H26N2O4. The van der Waals surface area contributed by atoms with E-state index in [0.717, 1.165) is 18.4 Å². The molecule has 1 aromatic rings. The maximum Gasteiger partial charge on any atom is 0.407 e. The lowest BCUT2D eigenvalue weighted by molar-refractivity contribution is 0.0497. The van der Waals surface area contributed by atoms with Gasteiger partial charge in [-0.3, -0.25) is 0 Å². The van der Waals surface area contributed by atoms with Crippen molar-refractivity contribution in [1.29, 1.82) is 0 Å². The zero-order valence-corrected chi connectivity index (χ0v) is 13.9. The van der Waals surface area contributed by atoms with Crippen molar-refractivity contribution in [1.82, 2.24) is 10.6 Å². The molecule has 0 aromatic heterocycles. The number of hydrogen-bond donors (Lipinski definition) is 4. The highest BCUT2D eigenvalue weighted by molar-refractivity contribution is 5.68. The van der Waals surface area contributed by atoms with Gasteiger partial charge in [-0.15, -0.1) is 0 Å². The summed E-state index contributed by atoms with van der Waals surface area (Å²) in [4.78, 5) is 11.9. The molecule has 6 nitrogen and oxygen atoms in total. The fourth-order valence-electron chi connectivity index (χ4n) is 2.34. The minimum absolute atomic E-state index is 0.0376. The standard InChI is InChI=1S/C17H26N2O4/c1-17(2,3)23-16(22)19-13(12-5-6-12)10-18-9-11-4-7-14(20)15(21)8-11/h4,7-8,12-13,18,20-21H,5-6,9-10H2,1-3H3,(H,19,22). The van der Waals surface area contributed by atoms with Gasteiger partial charge in [-0.2, -0.15) is 0 Å². The second kappa shape index (κ2) is 7.08. The topological polar surface area (TPSA) is 90.8 Å². The first-order chi connectivity index (χ1) is 10.7. The molecule has 0 bridgehead atoms. The molecule has 1 aliphatic carbocycles. The Bertz CT molecular complexity index is 550. The quantitative estimate of drug-likeness (QED) is 0.604. The number of benzene rings is 1. The van der Waals surface area contributed by atoms with Crippen LogP contribution in [0.1, 0.15) is 39.2 Å². The van der Waals surface area contributed by atoms with E-state index in [1.165, 1.54) is 12.1 Å². The van der Waals surface area contributed by atoms with Gasteiger partial charge >= 0.3 is 6.09 Å². The summed E-state index contributed by atoms with van der Waals surface area (Å²) in [6.45, 7) is 6.70. The summed E-state index contributed by atoms with van der Waals surface area (Å²) < 4.78 is 5.30. The van der Waals surface area contributed by atoms with E-state index >= 15 is 0 Å². The van der Waals surface area contributed by atoms with Gasteiger partial charge < -0.3 is 25.6 Å². The number of alkyl carbamates (subject to hydrolysis) is 1. The normalized spacial score (nSPS) is 16.0. The number of nitrogens with one attached hydrogen (secondary N) is 2. The maximum atomic E-state index is 11.9. The summed E-state index contributed by atoms with van der Waals surface area (Å²) in [5.74, 6) is 0.231. The SMILES string of the molecule is CC(C)(C)OC(=O)NC(CNCc1ccc(O)c(O)c1)C1CC1. The minimum atomic E-state index is -0.505. The van der Waals surface area contributed by atoms with Gasteiger partial charge in [-0.1, -0.05) is 6.07 Å². The van der Waals surface area contributed by atoms with E-state index < -0.39 is 11.7 Å². The Hall–Kier alpha value is -1.95. The molecule has 2 rings (SSSR count). The summed E-state index contributed by atoms with van der Waals surface area (Å²) in [5.41, 5.74) is 0.363. The smallest absolute Gasteiger partial charge is 0.407 e. The molecule has 0 radical (unpaired) electrons. The lowest BCUT2D eigenvalue weighted by Gasteiger charge is -2.24. The van der Waals surface area contributed by atoms with Crippen LogP contribution < -0.4 is 10.6 Å². The fourth-order valence-corrected chi connectivity index (χ4v) is 2.34. The van der Waals surface area contributed by atoms with E-state index in [1.54, 1.807) is 6.07 Å². The summed E-state index contributed by atoms with van der Waals surface area (Å²) in [6.07, 6.45) is 1.84. The Kier molecular flexibility index (Phi) is 5.36. The lowest BCUT2D eigenvalue weighted by atomic mass is 10.1. The van der Waals surface area contributed by atoms with Gasteiger partial charge in [-0.25, -0.2) is 4.79 Å². The van der Waals surface area contributed by atoms with Crippen molar-refractivity contribution in [2.75, 3.05) is 6.54 Å². The number of phenolic OH excluding ortho intramolecular Hbond substituents is 2. The van der Waals surface area contributed by atoms with Crippen molar-refractivity contribution in [3.63, 3.8) is 0 Å². The highest BCUT2D eigenvalue weighted by atomic mass is 16.6. The largest absolute Gasteiger partial charge is 0.504 e. The predicted octanol–water partition coefficient (Wildman–Crippen LogP) is 2.49. The second-order valence-electron chi connectivity index (χ2n) is 7.04. The number of aromatic hydroxyl groups is 2. The third kappa shape index (κ3) is 5.98. The third-order valence-corrected chi connectivity index (χ3v) is 3.63. The summed E-state index contributed by atoms with van der Waals surface area (Å²) in [7, 11) is 0. The van der Waals surface area contributed by atoms with Gasteiger partial charge in [0.05, 0.1) is 0 Å². The zero-order valence-electron chi connectivity index (χ0n) is 13.9. The summed E-state index contributed by atoms with van der Waals surface area (Å²) >= 11 is 0. The molecule has 0 saturated heterocycles. The molecule has 1 amide bonds. The van der Waals surface area contributed by atoms with Gasteiger partial charge in [0.25, 0.3) is 0 Å². The summed E-state index contributed by atoms with van der Waals surface area (Å²) in [5, 5.41) is 25.0. The Morgan fingerprint density at radius 3 is 2.57 bits per heavy atom. The van der Waals surface area contributed by atoms with E-state index in [9.17, 15) is 15.0 Å². The molecule has 128 valence electrons. The second-order valence-corrected chi connectivity index (χ2v) is 7.04. The molecule has 0 spiro atoms. The van der Waals surface area contributed by atoms with Crippen LogP contribution in [0.3, 0.4) is 0 Å². The first kappa shape index (κ1) is 17.4. The maximum absolute atomic E-state index is 11.9. The molecule has 6 heteroatoms. The molecule has 1 unspecified atom stereocenters. The molecule has 0 heterocycles. The number of ether oxygens (including phenoxy) is 1. The van der Waals surface area contributed by atoms with Gasteiger partial charge in [0.2, 0.25) is 0 Å². The first-order valence-electron chi connectivity index (χ1n) is 7.96. The van der Waals surface area contributed by atoms with E-state index in [-0.39, 0.29) is 17.5 Å². The molecule has 1 aromatic carbocycles. The van der Waals surface area contributed by atoms with Crippen LogP contribution in [0.25, 0.3) is 0 Å². The highest BCUT2D eigenvalue weighted by Gasteiger charge is 2.33. The first-order valence-corrected chi connectivity index (χ1v) is 7.96. The van der Waals surface area contributed by atoms with Crippen molar-refractivity contribution in [2.45, 2.75) is 51.8 Å². The van der Waals surface area contributed by atoms with Crippen LogP contribution in [0.5, 0.6) is 11.5 Å². The van der Waals surface area contributed by atoms with Crippen LogP contribution in [-0.2, 0) is 11.3 Å². The number of hydrogen-bond acceptors (Lipinski definition) is 5. The van der Waals surface area contributed by atoms with Gasteiger partial charge in [0, 0.05) is 19.1 Å². The molecule has 1 aliphatic rings. The Morgan fingerprint density at radius 1 is 1.30 bits per heavy atom. The minimum Gasteiger partial charge on any atom is -0.504 e. The lowest BCUT2D eigenvalue weighted by Crippen LogP contribution is -2.45. The number of carbonyl (C=O) groups is 1. The van der Waals surface area contributed by atoms with Crippen molar-refractivity contribution in [2.24, 2.45) is 5.92 Å². The van der Waals surface area contributed by atoms with Crippen molar-refractivity contribution in [3.05, 3.63) is 23.8 Å². The molecule has 1 saturated carbocycles. The van der Waals surface area contributed by atoms with Crippen LogP contribution in [0, 0.1) is 5.92 Å². The van der Waals surface area contributed by atoms with Crippen LogP contribution >= 0.6 is 0 Å². The van der Waals surface area contributed by atoms with Crippen LogP contribution in [0.4, 0.5) is 4.79 Å². The molecule has 0 aliphatic heterocycles. The fraction of sp³-hybridized carbons (Fsp3) is 0.588. The number of carbonyl (C=O) groups excluding carboxylic acids is 1. The van der Waals surface area contributed by atoms with Gasteiger partial charge in [0.1, 0.15) is 5.60 Å². The molecule has 4 N–H and O–H groups in total. The third-order valence-electron chi connectivity index (χ3n) is 3.63. The van der Waals surface area contributed by atoms with Crippen LogP contribution in [0.2, 0.25) is 0 Å². The number of amides is 1. The zero-order chi connectivity index (χ0) is 17.0. The average molecular weight is 322 g/mol. The van der Waals surface area contributed by atoms with E-state index in [4.69, 9.17) is 4.74 Å². The van der Waals surface area contributed by atoms with Crippen molar-refractivity contribution in [3.8, 4) is 11.5 Å². The number of phenols is 2. The van der Waals surface area contributed by atoms with Crippen molar-refractivity contribution >= 4 is 6.09 Å². The molecule has 1 atom stereocenters. The molecule has 23 heavy (non-hydrogen) atoms. The average Bonchev–Trinajstić information content (AvgIpc) is 3.24.